The summed E-state index contributed by atoms with van der Waals surface area (Å²) >= 11 is 5.99. The standard InChI is InChI=1S/C19H18ClN5O2/c20-14-6-3-5-13(11-14)17-23-16(27-24-17)12-22-19(26)15-7-4-8-21-18(15)25-9-1-2-10-25/h3-8,11H,1-2,9-10,12H2,(H,22,26). The summed E-state index contributed by atoms with van der Waals surface area (Å²) in [6.07, 6.45) is 3.94. The zero-order valence-corrected chi connectivity index (χ0v) is 15.3. The lowest BCUT2D eigenvalue weighted by Gasteiger charge is -2.19. The number of benzene rings is 1. The van der Waals surface area contributed by atoms with Gasteiger partial charge in [0.15, 0.2) is 0 Å². The number of hydrogen-bond donors (Lipinski definition) is 1. The molecule has 138 valence electrons. The van der Waals surface area contributed by atoms with Crippen LogP contribution in [0.15, 0.2) is 47.1 Å². The monoisotopic (exact) mass is 383 g/mol. The van der Waals surface area contributed by atoms with Gasteiger partial charge in [-0.25, -0.2) is 4.98 Å². The molecule has 1 aromatic carbocycles. The van der Waals surface area contributed by atoms with Gasteiger partial charge in [0.1, 0.15) is 5.82 Å². The number of anilines is 1. The molecule has 4 rings (SSSR count). The quantitative estimate of drug-likeness (QED) is 0.727. The van der Waals surface area contributed by atoms with E-state index in [9.17, 15) is 4.79 Å². The Morgan fingerprint density at radius 2 is 2.07 bits per heavy atom. The maximum Gasteiger partial charge on any atom is 0.255 e. The van der Waals surface area contributed by atoms with Gasteiger partial charge in [0.25, 0.3) is 5.91 Å². The predicted molar refractivity (Wildman–Crippen MR) is 102 cm³/mol. The number of pyridine rings is 1. The lowest BCUT2D eigenvalue weighted by Crippen LogP contribution is -2.28. The van der Waals surface area contributed by atoms with Crippen LogP contribution in [-0.2, 0) is 6.54 Å². The fourth-order valence-corrected chi connectivity index (χ4v) is 3.27. The molecule has 8 heteroatoms. The first kappa shape index (κ1) is 17.5. The molecule has 0 radical (unpaired) electrons. The number of amides is 1. The van der Waals surface area contributed by atoms with E-state index in [2.05, 4.69) is 25.3 Å². The maximum absolute atomic E-state index is 12.6. The highest BCUT2D eigenvalue weighted by molar-refractivity contribution is 6.30. The first-order chi connectivity index (χ1) is 13.2. The normalized spacial score (nSPS) is 13.7. The number of hydrogen-bond acceptors (Lipinski definition) is 6. The number of carbonyl (C=O) groups is 1. The molecule has 0 aliphatic carbocycles. The van der Waals surface area contributed by atoms with Crippen molar-refractivity contribution in [3.8, 4) is 11.4 Å². The maximum atomic E-state index is 12.6. The molecule has 2 aromatic heterocycles. The minimum atomic E-state index is -0.215. The van der Waals surface area contributed by atoms with Crippen LogP contribution in [0.2, 0.25) is 5.02 Å². The highest BCUT2D eigenvalue weighted by Gasteiger charge is 2.21. The number of nitrogens with zero attached hydrogens (tertiary/aromatic N) is 4. The van der Waals surface area contributed by atoms with Crippen molar-refractivity contribution in [3.63, 3.8) is 0 Å². The van der Waals surface area contributed by atoms with Crippen LogP contribution in [0.4, 0.5) is 5.82 Å². The Hall–Kier alpha value is -2.93. The Morgan fingerprint density at radius 3 is 2.89 bits per heavy atom. The van der Waals surface area contributed by atoms with Gasteiger partial charge in [-0.05, 0) is 37.1 Å². The summed E-state index contributed by atoms with van der Waals surface area (Å²) in [4.78, 5) is 23.5. The van der Waals surface area contributed by atoms with E-state index in [1.807, 2.05) is 12.1 Å². The zero-order valence-electron chi connectivity index (χ0n) is 14.6. The molecule has 1 aliphatic heterocycles. The topological polar surface area (TPSA) is 84.2 Å². The third-order valence-electron chi connectivity index (χ3n) is 4.39. The van der Waals surface area contributed by atoms with E-state index in [-0.39, 0.29) is 12.5 Å². The molecular weight excluding hydrogens is 366 g/mol. The van der Waals surface area contributed by atoms with Gasteiger partial charge in [0.2, 0.25) is 11.7 Å². The predicted octanol–water partition coefficient (Wildman–Crippen LogP) is 3.32. The van der Waals surface area contributed by atoms with Gasteiger partial charge in [0, 0.05) is 29.9 Å². The Morgan fingerprint density at radius 1 is 1.22 bits per heavy atom. The third kappa shape index (κ3) is 3.93. The Labute approximate surface area is 161 Å². The zero-order chi connectivity index (χ0) is 18.6. The molecule has 0 spiro atoms. The number of carbonyl (C=O) groups excluding carboxylic acids is 1. The van der Waals surface area contributed by atoms with Gasteiger partial charge in [-0.3, -0.25) is 4.79 Å². The molecule has 1 fully saturated rings. The Balaban J connectivity index is 1.45. The van der Waals surface area contributed by atoms with Crippen molar-refractivity contribution in [2.75, 3.05) is 18.0 Å². The molecule has 0 atom stereocenters. The van der Waals surface area contributed by atoms with Crippen LogP contribution in [0.5, 0.6) is 0 Å². The summed E-state index contributed by atoms with van der Waals surface area (Å²) in [6.45, 7) is 1.98. The van der Waals surface area contributed by atoms with Crippen LogP contribution in [0.1, 0.15) is 29.1 Å². The van der Waals surface area contributed by atoms with E-state index in [0.717, 1.165) is 37.3 Å². The smallest absolute Gasteiger partial charge is 0.255 e. The Kier molecular flexibility index (Phi) is 5.02. The fraction of sp³-hybridized carbons (Fsp3) is 0.263. The van der Waals surface area contributed by atoms with Crippen molar-refractivity contribution in [1.29, 1.82) is 0 Å². The summed E-state index contributed by atoms with van der Waals surface area (Å²) in [6, 6.07) is 10.7. The minimum Gasteiger partial charge on any atom is -0.356 e. The fourth-order valence-electron chi connectivity index (χ4n) is 3.08. The second-order valence-corrected chi connectivity index (χ2v) is 6.71. The highest BCUT2D eigenvalue weighted by atomic mass is 35.5. The van der Waals surface area contributed by atoms with Crippen molar-refractivity contribution < 1.29 is 9.32 Å². The molecule has 3 heterocycles. The van der Waals surface area contributed by atoms with Crippen LogP contribution in [0.25, 0.3) is 11.4 Å². The van der Waals surface area contributed by atoms with Gasteiger partial charge in [-0.15, -0.1) is 0 Å². The first-order valence-corrected chi connectivity index (χ1v) is 9.15. The van der Waals surface area contributed by atoms with Crippen LogP contribution in [0, 0.1) is 0 Å². The highest BCUT2D eigenvalue weighted by Crippen LogP contribution is 2.22. The molecule has 3 aromatic rings. The summed E-state index contributed by atoms with van der Waals surface area (Å²) in [5.41, 5.74) is 1.31. The van der Waals surface area contributed by atoms with Crippen molar-refractivity contribution in [1.82, 2.24) is 20.4 Å². The average Bonchev–Trinajstić information content (AvgIpc) is 3.38. The molecule has 27 heavy (non-hydrogen) atoms. The number of nitrogens with one attached hydrogen (secondary N) is 1. The van der Waals surface area contributed by atoms with Crippen LogP contribution in [0.3, 0.4) is 0 Å². The molecular formula is C19H18ClN5O2. The first-order valence-electron chi connectivity index (χ1n) is 8.77. The van der Waals surface area contributed by atoms with Gasteiger partial charge in [-0.2, -0.15) is 4.98 Å². The lowest BCUT2D eigenvalue weighted by molar-refractivity contribution is 0.0946. The summed E-state index contributed by atoms with van der Waals surface area (Å²) in [7, 11) is 0. The molecule has 1 aliphatic rings. The van der Waals surface area contributed by atoms with E-state index < -0.39 is 0 Å². The summed E-state index contributed by atoms with van der Waals surface area (Å²) < 4.78 is 5.23. The molecule has 0 saturated carbocycles. The number of aromatic nitrogens is 3. The molecule has 1 amide bonds. The van der Waals surface area contributed by atoms with E-state index >= 15 is 0 Å². The summed E-state index contributed by atoms with van der Waals surface area (Å²) in [5, 5.41) is 7.37. The molecule has 7 nitrogen and oxygen atoms in total. The van der Waals surface area contributed by atoms with E-state index in [4.69, 9.17) is 16.1 Å². The van der Waals surface area contributed by atoms with Crippen LogP contribution >= 0.6 is 11.6 Å². The minimum absolute atomic E-state index is 0.140. The van der Waals surface area contributed by atoms with Gasteiger partial charge in [-0.1, -0.05) is 28.9 Å². The van der Waals surface area contributed by atoms with Crippen LogP contribution in [-0.4, -0.2) is 34.1 Å². The number of rotatable bonds is 5. The third-order valence-corrected chi connectivity index (χ3v) is 4.62. The number of halogens is 1. The second kappa shape index (κ2) is 7.75. The van der Waals surface area contributed by atoms with Crippen molar-refractivity contribution in [3.05, 3.63) is 59.1 Å². The van der Waals surface area contributed by atoms with E-state index in [0.29, 0.717) is 22.3 Å². The lowest BCUT2D eigenvalue weighted by atomic mass is 10.2. The molecule has 0 bridgehead atoms. The molecule has 1 N–H and O–H groups in total. The van der Waals surface area contributed by atoms with Crippen molar-refractivity contribution >= 4 is 23.3 Å². The van der Waals surface area contributed by atoms with Gasteiger partial charge < -0.3 is 14.7 Å². The van der Waals surface area contributed by atoms with Crippen molar-refractivity contribution in [2.45, 2.75) is 19.4 Å². The van der Waals surface area contributed by atoms with Crippen molar-refractivity contribution in [2.24, 2.45) is 0 Å². The Bertz CT molecular complexity index is 953. The average molecular weight is 384 g/mol. The largest absolute Gasteiger partial charge is 0.356 e. The summed E-state index contributed by atoms with van der Waals surface area (Å²) in [5.74, 6) is 1.26. The van der Waals surface area contributed by atoms with E-state index in [1.165, 1.54) is 0 Å². The van der Waals surface area contributed by atoms with Gasteiger partial charge >= 0.3 is 0 Å². The van der Waals surface area contributed by atoms with Gasteiger partial charge in [0.05, 0.1) is 12.1 Å². The molecule has 0 unspecified atom stereocenters. The van der Waals surface area contributed by atoms with Crippen LogP contribution < -0.4 is 10.2 Å². The molecule has 1 saturated heterocycles. The van der Waals surface area contributed by atoms with E-state index in [1.54, 1.807) is 30.5 Å². The second-order valence-electron chi connectivity index (χ2n) is 6.27. The SMILES string of the molecule is O=C(NCc1nc(-c2cccc(Cl)c2)no1)c1cccnc1N1CCCC1.